The number of carboxylic acid groups (broad SMARTS) is 1. The Morgan fingerprint density at radius 2 is 1.68 bits per heavy atom. The maximum Gasteiger partial charge on any atom is 0.407 e. The van der Waals surface area contributed by atoms with Crippen LogP contribution in [0.1, 0.15) is 36.8 Å². The predicted octanol–water partition coefficient (Wildman–Crippen LogP) is 3.24. The van der Waals surface area contributed by atoms with Gasteiger partial charge in [0, 0.05) is 18.5 Å². The summed E-state index contributed by atoms with van der Waals surface area (Å²) in [4.78, 5) is 37.5. The summed E-state index contributed by atoms with van der Waals surface area (Å²) < 4.78 is 5.45. The second-order valence-electron chi connectivity index (χ2n) is 8.17. The highest BCUT2D eigenvalue weighted by Gasteiger charge is 2.32. The van der Waals surface area contributed by atoms with E-state index in [-0.39, 0.29) is 31.0 Å². The van der Waals surface area contributed by atoms with Gasteiger partial charge in [0.05, 0.1) is 5.92 Å². The number of alkyl carbamates (subject to hydrolysis) is 1. The fourth-order valence-corrected chi connectivity index (χ4v) is 4.67. The van der Waals surface area contributed by atoms with Gasteiger partial charge in [0.2, 0.25) is 5.91 Å². The van der Waals surface area contributed by atoms with Crippen molar-refractivity contribution in [3.05, 3.63) is 59.7 Å². The average molecular weight is 422 g/mol. The number of benzene rings is 2. The molecule has 2 aromatic rings. The van der Waals surface area contributed by atoms with E-state index in [9.17, 15) is 14.4 Å². The van der Waals surface area contributed by atoms with Gasteiger partial charge in [-0.25, -0.2) is 4.79 Å². The largest absolute Gasteiger partial charge is 0.481 e. The van der Waals surface area contributed by atoms with Crippen LogP contribution in [0.4, 0.5) is 4.79 Å². The molecule has 2 N–H and O–H groups in total. The molecule has 0 aromatic heterocycles. The average Bonchev–Trinajstić information content (AvgIpc) is 3.09. The molecule has 1 aliphatic carbocycles. The number of carboxylic acids is 1. The van der Waals surface area contributed by atoms with E-state index in [1.807, 2.05) is 43.3 Å². The van der Waals surface area contributed by atoms with E-state index < -0.39 is 18.0 Å². The number of nitrogens with one attached hydrogen (secondary N) is 1. The first-order valence-electron chi connectivity index (χ1n) is 10.6. The highest BCUT2D eigenvalue weighted by molar-refractivity contribution is 5.83. The van der Waals surface area contributed by atoms with Gasteiger partial charge in [0.1, 0.15) is 13.2 Å². The predicted molar refractivity (Wildman–Crippen MR) is 115 cm³/mol. The number of piperidine rings is 1. The fourth-order valence-electron chi connectivity index (χ4n) is 4.67. The molecule has 0 radical (unpaired) electrons. The van der Waals surface area contributed by atoms with E-state index in [1.165, 1.54) is 0 Å². The zero-order chi connectivity index (χ0) is 22.0. The molecule has 2 amide bonds. The minimum atomic E-state index is -0.823. The van der Waals surface area contributed by atoms with Gasteiger partial charge in [-0.05, 0) is 42.0 Å². The molecule has 1 saturated heterocycles. The van der Waals surface area contributed by atoms with Crippen LogP contribution in [0.5, 0.6) is 0 Å². The van der Waals surface area contributed by atoms with Gasteiger partial charge < -0.3 is 20.1 Å². The summed E-state index contributed by atoms with van der Waals surface area (Å²) in [6.07, 6.45) is 0.214. The quantitative estimate of drug-likeness (QED) is 0.771. The molecule has 2 atom stereocenters. The smallest absolute Gasteiger partial charge is 0.407 e. The number of fused-ring (bicyclic) bond motifs is 3. The minimum Gasteiger partial charge on any atom is -0.481 e. The summed E-state index contributed by atoms with van der Waals surface area (Å²) in [7, 11) is 0. The molecule has 162 valence electrons. The van der Waals surface area contributed by atoms with E-state index in [0.717, 1.165) is 22.3 Å². The molecule has 7 heteroatoms. The number of ether oxygens (including phenoxy) is 1. The van der Waals surface area contributed by atoms with E-state index >= 15 is 0 Å². The molecule has 1 heterocycles. The van der Waals surface area contributed by atoms with Crippen LogP contribution < -0.4 is 5.32 Å². The molecule has 0 bridgehead atoms. The summed E-state index contributed by atoms with van der Waals surface area (Å²) in [6.45, 7) is 2.23. The van der Waals surface area contributed by atoms with Gasteiger partial charge >= 0.3 is 12.1 Å². The van der Waals surface area contributed by atoms with Crippen LogP contribution in [-0.4, -0.2) is 53.7 Å². The molecule has 4 rings (SSSR count). The van der Waals surface area contributed by atoms with Crippen LogP contribution in [0, 0.1) is 5.92 Å². The van der Waals surface area contributed by atoms with Crippen molar-refractivity contribution >= 4 is 18.0 Å². The van der Waals surface area contributed by atoms with Gasteiger partial charge in [-0.15, -0.1) is 0 Å². The van der Waals surface area contributed by atoms with Gasteiger partial charge in [0.15, 0.2) is 0 Å². The number of nitrogens with zero attached hydrogens (tertiary/aromatic N) is 1. The van der Waals surface area contributed by atoms with Crippen molar-refractivity contribution in [2.45, 2.75) is 31.7 Å². The standard InChI is InChI=1S/C24H26N2O5/c1-15-12-16(23(28)29)10-11-26(15)22(27)13-25-24(30)31-14-21-19-8-4-2-6-17(19)18-7-3-5-9-20(18)21/h2-9,15-16,21H,10-14H2,1H3,(H,25,30)(H,28,29). The highest BCUT2D eigenvalue weighted by atomic mass is 16.5. The molecule has 1 fully saturated rings. The van der Waals surface area contributed by atoms with E-state index in [4.69, 9.17) is 9.84 Å². The van der Waals surface area contributed by atoms with E-state index in [2.05, 4.69) is 17.4 Å². The molecule has 0 spiro atoms. The summed E-state index contributed by atoms with van der Waals surface area (Å²) in [5, 5.41) is 11.7. The first-order valence-corrected chi connectivity index (χ1v) is 10.6. The number of rotatable bonds is 5. The summed E-state index contributed by atoms with van der Waals surface area (Å²) in [5.41, 5.74) is 4.56. The highest BCUT2D eigenvalue weighted by Crippen LogP contribution is 2.44. The van der Waals surface area contributed by atoms with Crippen LogP contribution >= 0.6 is 0 Å². The number of hydrogen-bond donors (Lipinski definition) is 2. The third-order valence-electron chi connectivity index (χ3n) is 6.27. The molecular formula is C24H26N2O5. The van der Waals surface area contributed by atoms with Crippen molar-refractivity contribution in [3.8, 4) is 11.1 Å². The number of amides is 2. The van der Waals surface area contributed by atoms with E-state index in [1.54, 1.807) is 4.90 Å². The zero-order valence-corrected chi connectivity index (χ0v) is 17.4. The normalized spacial score (nSPS) is 20.0. The van der Waals surface area contributed by atoms with E-state index in [0.29, 0.717) is 19.4 Å². The SMILES string of the molecule is CC1CC(C(=O)O)CCN1C(=O)CNC(=O)OCC1c2ccccc2-c2ccccc21. The lowest BCUT2D eigenvalue weighted by Gasteiger charge is -2.36. The van der Waals surface area contributed by atoms with Crippen LogP contribution in [0.15, 0.2) is 48.5 Å². The monoisotopic (exact) mass is 422 g/mol. The first-order chi connectivity index (χ1) is 15.0. The lowest BCUT2D eigenvalue weighted by molar-refractivity contribution is -0.147. The maximum atomic E-state index is 12.5. The number of hydrogen-bond acceptors (Lipinski definition) is 4. The Bertz CT molecular complexity index is 959. The van der Waals surface area contributed by atoms with Gasteiger partial charge in [-0.3, -0.25) is 9.59 Å². The second kappa shape index (κ2) is 8.79. The Kier molecular flexibility index (Phi) is 5.93. The third kappa shape index (κ3) is 4.26. The molecule has 2 aliphatic rings. The van der Waals surface area contributed by atoms with Crippen molar-refractivity contribution in [2.24, 2.45) is 5.92 Å². The fraction of sp³-hybridized carbons (Fsp3) is 0.375. The van der Waals surface area contributed by atoms with Crippen molar-refractivity contribution in [3.63, 3.8) is 0 Å². The van der Waals surface area contributed by atoms with Gasteiger partial charge in [-0.2, -0.15) is 0 Å². The minimum absolute atomic E-state index is 0.0380. The maximum absolute atomic E-state index is 12.5. The Balaban J connectivity index is 1.30. The number of carbonyl (C=O) groups excluding carboxylic acids is 2. The van der Waals surface area contributed by atoms with Gasteiger partial charge in [-0.1, -0.05) is 48.5 Å². The first kappa shape index (κ1) is 20.9. The molecule has 2 aromatic carbocycles. The third-order valence-corrected chi connectivity index (χ3v) is 6.27. The Morgan fingerprint density at radius 3 is 2.26 bits per heavy atom. The molecule has 2 unspecified atom stereocenters. The van der Waals surface area contributed by atoms with Crippen molar-refractivity contribution in [1.29, 1.82) is 0 Å². The van der Waals surface area contributed by atoms with Crippen molar-refractivity contribution in [1.82, 2.24) is 10.2 Å². The Labute approximate surface area is 181 Å². The summed E-state index contributed by atoms with van der Waals surface area (Å²) in [6, 6.07) is 16.0. The molecular weight excluding hydrogens is 396 g/mol. The van der Waals surface area contributed by atoms with Crippen molar-refractivity contribution in [2.75, 3.05) is 19.7 Å². The molecule has 7 nitrogen and oxygen atoms in total. The van der Waals surface area contributed by atoms with Crippen LogP contribution in [-0.2, 0) is 14.3 Å². The lowest BCUT2D eigenvalue weighted by Crippen LogP contribution is -2.49. The number of likely N-dealkylation sites (tertiary alicyclic amines) is 1. The Hall–Kier alpha value is -3.35. The van der Waals surface area contributed by atoms with Crippen LogP contribution in [0.3, 0.4) is 0 Å². The lowest BCUT2D eigenvalue weighted by atomic mass is 9.92. The molecule has 1 aliphatic heterocycles. The second-order valence-corrected chi connectivity index (χ2v) is 8.17. The van der Waals surface area contributed by atoms with Gasteiger partial charge in [0.25, 0.3) is 0 Å². The van der Waals surface area contributed by atoms with Crippen LogP contribution in [0.2, 0.25) is 0 Å². The Morgan fingerprint density at radius 1 is 1.06 bits per heavy atom. The zero-order valence-electron chi connectivity index (χ0n) is 17.4. The van der Waals surface area contributed by atoms with Crippen molar-refractivity contribution < 1.29 is 24.2 Å². The van der Waals surface area contributed by atoms with Crippen LogP contribution in [0.25, 0.3) is 11.1 Å². The topological polar surface area (TPSA) is 95.9 Å². The summed E-state index contributed by atoms with van der Waals surface area (Å²) >= 11 is 0. The summed E-state index contributed by atoms with van der Waals surface area (Å²) in [5.74, 6) is -1.52. The number of carbonyl (C=O) groups is 3. The number of aliphatic carboxylic acids is 1. The molecule has 31 heavy (non-hydrogen) atoms. The molecule has 0 saturated carbocycles.